The van der Waals surface area contributed by atoms with Crippen molar-refractivity contribution < 1.29 is 27.1 Å². The first-order valence-corrected chi connectivity index (χ1v) is 16.7. The summed E-state index contributed by atoms with van der Waals surface area (Å²) in [5.74, 6) is 0.742. The summed E-state index contributed by atoms with van der Waals surface area (Å²) >= 11 is 6.65. The number of carbonyl (C=O) groups is 1. The Morgan fingerprint density at radius 2 is 1.82 bits per heavy atom. The highest BCUT2D eigenvalue weighted by molar-refractivity contribution is 7.93. The van der Waals surface area contributed by atoms with Crippen LogP contribution in [0.3, 0.4) is 0 Å². The van der Waals surface area contributed by atoms with Crippen molar-refractivity contribution in [1.29, 1.82) is 0 Å². The fraction of sp³-hybridized carbons (Fsp3) is 0.333. The summed E-state index contributed by atoms with van der Waals surface area (Å²) < 4.78 is 46.9. The third kappa shape index (κ3) is 4.89. The molecule has 1 amide bonds. The van der Waals surface area contributed by atoms with Crippen LogP contribution in [0.4, 0.5) is 5.69 Å². The van der Waals surface area contributed by atoms with Gasteiger partial charge in [0.25, 0.3) is 15.9 Å². The van der Waals surface area contributed by atoms with Crippen molar-refractivity contribution in [2.24, 2.45) is 0 Å². The first-order chi connectivity index (χ1) is 21.8. The quantitative estimate of drug-likeness (QED) is 0.241. The van der Waals surface area contributed by atoms with Gasteiger partial charge >= 0.3 is 0 Å². The highest BCUT2D eigenvalue weighted by Crippen LogP contribution is 2.56. The molecule has 234 valence electrons. The standard InChI is InChI=1S/C33H33ClN4O6S/c1-42-24-9-11-25(12-10-24)45(40,41)38-28-13-6-22(34)19-26(28)33(32(38)39,37-16-3-4-29(37)31-35-15-17-44-31)27-18-21(5-14-30(27)43-2)20-36-23-7-8-23/h5-6,9-15,17-19,23,29,36H,3-4,7-8,16,20H2,1-2H3/t29-,33?/m0/s1. The Morgan fingerprint density at radius 1 is 1.02 bits per heavy atom. The van der Waals surface area contributed by atoms with Crippen molar-refractivity contribution in [1.82, 2.24) is 15.2 Å². The van der Waals surface area contributed by atoms with E-state index in [4.69, 9.17) is 25.5 Å². The molecule has 0 radical (unpaired) electrons. The molecule has 1 unspecified atom stereocenters. The summed E-state index contributed by atoms with van der Waals surface area (Å²) in [6.45, 7) is 1.06. The number of halogens is 1. The largest absolute Gasteiger partial charge is 0.497 e. The molecule has 2 aliphatic heterocycles. The van der Waals surface area contributed by atoms with Gasteiger partial charge in [-0.1, -0.05) is 17.7 Å². The summed E-state index contributed by atoms with van der Waals surface area (Å²) in [7, 11) is -1.34. The minimum Gasteiger partial charge on any atom is -0.497 e. The Kier molecular flexibility index (Phi) is 7.60. The molecule has 1 saturated heterocycles. The number of hydrogen-bond acceptors (Lipinski definition) is 9. The zero-order valence-electron chi connectivity index (χ0n) is 24.9. The predicted octanol–water partition coefficient (Wildman–Crippen LogP) is 5.41. The monoisotopic (exact) mass is 648 g/mol. The Balaban J connectivity index is 1.49. The molecule has 1 aromatic heterocycles. The van der Waals surface area contributed by atoms with Gasteiger partial charge in [-0.15, -0.1) is 0 Å². The van der Waals surface area contributed by atoms with Gasteiger partial charge < -0.3 is 19.2 Å². The normalized spacial score (nSPS) is 21.7. The number of sulfonamides is 1. The third-order valence-electron chi connectivity index (χ3n) is 8.90. The molecule has 3 aromatic carbocycles. The average molecular weight is 649 g/mol. The van der Waals surface area contributed by atoms with Crippen molar-refractivity contribution in [2.75, 3.05) is 25.1 Å². The molecule has 3 heterocycles. The van der Waals surface area contributed by atoms with Crippen molar-refractivity contribution >= 4 is 33.2 Å². The lowest BCUT2D eigenvalue weighted by Gasteiger charge is -2.41. The number of likely N-dealkylation sites (tertiary alicyclic amines) is 1. The van der Waals surface area contributed by atoms with E-state index in [0.29, 0.717) is 59.1 Å². The van der Waals surface area contributed by atoms with E-state index >= 15 is 4.79 Å². The molecule has 1 aliphatic carbocycles. The molecule has 0 spiro atoms. The second kappa shape index (κ2) is 11.5. The number of anilines is 1. The van der Waals surface area contributed by atoms with Gasteiger partial charge in [0.2, 0.25) is 5.89 Å². The number of fused-ring (bicyclic) bond motifs is 1. The Bertz CT molecular complexity index is 1850. The van der Waals surface area contributed by atoms with Gasteiger partial charge in [-0.2, -0.15) is 0 Å². The summed E-state index contributed by atoms with van der Waals surface area (Å²) in [5, 5.41) is 3.91. The fourth-order valence-electron chi connectivity index (χ4n) is 6.65. The lowest BCUT2D eigenvalue weighted by molar-refractivity contribution is -0.127. The molecule has 7 rings (SSSR count). The summed E-state index contributed by atoms with van der Waals surface area (Å²) in [6, 6.07) is 16.7. The van der Waals surface area contributed by atoms with Crippen LogP contribution in [0.15, 0.2) is 82.4 Å². The van der Waals surface area contributed by atoms with Crippen LogP contribution in [0.25, 0.3) is 0 Å². The first kappa shape index (κ1) is 29.8. The number of aromatic nitrogens is 1. The first-order valence-electron chi connectivity index (χ1n) is 14.9. The van der Waals surface area contributed by atoms with Gasteiger partial charge in [0.05, 0.1) is 37.0 Å². The maximum absolute atomic E-state index is 15.4. The summed E-state index contributed by atoms with van der Waals surface area (Å²) in [5.41, 5.74) is 0.496. The third-order valence-corrected chi connectivity index (χ3v) is 10.9. The molecule has 4 aromatic rings. The highest BCUT2D eigenvalue weighted by Gasteiger charge is 2.62. The van der Waals surface area contributed by atoms with Gasteiger partial charge in [0.15, 0.2) is 5.54 Å². The number of methoxy groups -OCH3 is 2. The number of ether oxygens (including phenoxy) is 2. The van der Waals surface area contributed by atoms with E-state index < -0.39 is 27.5 Å². The van der Waals surface area contributed by atoms with E-state index in [1.54, 1.807) is 43.6 Å². The van der Waals surface area contributed by atoms with Crippen LogP contribution < -0.4 is 19.1 Å². The Morgan fingerprint density at radius 3 is 2.51 bits per heavy atom. The molecule has 3 aliphatic rings. The van der Waals surface area contributed by atoms with Crippen LogP contribution in [-0.4, -0.2) is 51.0 Å². The molecule has 0 bridgehead atoms. The molecule has 45 heavy (non-hydrogen) atoms. The number of hydrogen-bond donors (Lipinski definition) is 1. The van der Waals surface area contributed by atoms with E-state index in [-0.39, 0.29) is 10.6 Å². The average Bonchev–Trinajstić information content (AvgIpc) is 3.38. The van der Waals surface area contributed by atoms with E-state index in [9.17, 15) is 8.42 Å². The van der Waals surface area contributed by atoms with Crippen LogP contribution in [0.2, 0.25) is 5.02 Å². The van der Waals surface area contributed by atoms with Crippen LogP contribution in [0, 0.1) is 0 Å². The lowest BCUT2D eigenvalue weighted by Crippen LogP contribution is -2.54. The SMILES string of the molecule is COc1ccc(S(=O)(=O)N2C(=O)C(c3cc(CNC4CC4)ccc3OC)(N3CCC[C@H]3c3ncco3)c3cc(Cl)ccc32)cc1. The van der Waals surface area contributed by atoms with Crippen LogP contribution in [0.5, 0.6) is 11.5 Å². The van der Waals surface area contributed by atoms with Gasteiger partial charge in [0, 0.05) is 35.3 Å². The molecule has 2 fully saturated rings. The van der Waals surface area contributed by atoms with Crippen molar-refractivity contribution in [3.05, 3.63) is 101 Å². The summed E-state index contributed by atoms with van der Waals surface area (Å²) in [4.78, 5) is 21.8. The number of oxazole rings is 1. The zero-order valence-corrected chi connectivity index (χ0v) is 26.5. The topological polar surface area (TPSA) is 114 Å². The van der Waals surface area contributed by atoms with E-state index in [0.717, 1.165) is 29.1 Å². The molecule has 1 N–H and O–H groups in total. The minimum absolute atomic E-state index is 0.0478. The Labute approximate surface area is 267 Å². The lowest BCUT2D eigenvalue weighted by atomic mass is 9.80. The smallest absolute Gasteiger partial charge is 0.271 e. The van der Waals surface area contributed by atoms with Crippen molar-refractivity contribution in [2.45, 2.75) is 54.7 Å². The molecule has 2 atom stereocenters. The number of carbonyl (C=O) groups excluding carboxylic acids is 1. The fourth-order valence-corrected chi connectivity index (χ4v) is 8.28. The molecule has 1 saturated carbocycles. The van der Waals surface area contributed by atoms with Crippen LogP contribution in [-0.2, 0) is 26.9 Å². The molecular weight excluding hydrogens is 616 g/mol. The zero-order chi connectivity index (χ0) is 31.3. The number of nitrogens with one attached hydrogen (secondary N) is 1. The van der Waals surface area contributed by atoms with Gasteiger partial charge in [-0.25, -0.2) is 17.7 Å². The molecule has 12 heteroatoms. The second-order valence-corrected chi connectivity index (χ2v) is 13.8. The van der Waals surface area contributed by atoms with Crippen LogP contribution in [0.1, 0.15) is 54.3 Å². The van der Waals surface area contributed by atoms with Gasteiger partial charge in [-0.3, -0.25) is 9.69 Å². The van der Waals surface area contributed by atoms with E-state index in [2.05, 4.69) is 10.3 Å². The van der Waals surface area contributed by atoms with E-state index in [1.807, 2.05) is 23.1 Å². The molecule has 10 nitrogen and oxygen atoms in total. The second-order valence-electron chi connectivity index (χ2n) is 11.5. The number of rotatable bonds is 10. The highest BCUT2D eigenvalue weighted by atomic mass is 35.5. The van der Waals surface area contributed by atoms with Gasteiger partial charge in [0.1, 0.15) is 17.8 Å². The Hall–Kier alpha value is -3.90. The maximum atomic E-state index is 15.4. The van der Waals surface area contributed by atoms with Crippen LogP contribution >= 0.6 is 11.6 Å². The number of amides is 1. The van der Waals surface area contributed by atoms with E-state index in [1.165, 1.54) is 25.5 Å². The number of benzene rings is 3. The van der Waals surface area contributed by atoms with Crippen molar-refractivity contribution in [3.8, 4) is 11.5 Å². The molecular formula is C33H33ClN4O6S. The maximum Gasteiger partial charge on any atom is 0.271 e. The summed E-state index contributed by atoms with van der Waals surface area (Å²) in [6.07, 6.45) is 6.72. The van der Waals surface area contributed by atoms with Crippen molar-refractivity contribution in [3.63, 3.8) is 0 Å². The number of nitrogens with zero attached hydrogens (tertiary/aromatic N) is 3. The predicted molar refractivity (Wildman–Crippen MR) is 168 cm³/mol. The van der Waals surface area contributed by atoms with Gasteiger partial charge in [-0.05, 0) is 85.8 Å². The minimum atomic E-state index is -4.40.